The maximum atomic E-state index is 12.8. The van der Waals surface area contributed by atoms with Crippen LogP contribution in [0.15, 0.2) is 71.5 Å². The third kappa shape index (κ3) is 7.88. The van der Waals surface area contributed by atoms with Crippen LogP contribution in [0.5, 0.6) is 17.2 Å². The van der Waals surface area contributed by atoms with Crippen molar-refractivity contribution < 1.29 is 29.2 Å². The number of thiazole rings is 1. The first-order chi connectivity index (χ1) is 22.4. The third-order valence-corrected chi connectivity index (χ3v) is 9.62. The maximum Gasteiger partial charge on any atom is 0.305 e. The number of benzene rings is 3. The zero-order valence-corrected chi connectivity index (χ0v) is 26.5. The number of para-hydroxylation sites is 1. The Labute approximate surface area is 271 Å². The van der Waals surface area contributed by atoms with Gasteiger partial charge >= 0.3 is 4.87 Å². The quantitative estimate of drug-likeness (QED) is 0.183. The molecule has 0 saturated carbocycles. The molecule has 4 N–H and O–H groups in total. The lowest BCUT2D eigenvalue weighted by Crippen LogP contribution is -2.58. The first kappa shape index (κ1) is 32.0. The van der Waals surface area contributed by atoms with Gasteiger partial charge in [0.15, 0.2) is 6.61 Å². The fourth-order valence-electron chi connectivity index (χ4n) is 6.06. The second kappa shape index (κ2) is 14.7. The molecule has 1 unspecified atom stereocenters. The number of hydrogen-bond acceptors (Lipinski definition) is 10. The van der Waals surface area contributed by atoms with Crippen LogP contribution >= 0.6 is 11.3 Å². The van der Waals surface area contributed by atoms with Gasteiger partial charge in [0, 0.05) is 51.4 Å². The topological polar surface area (TPSA) is 137 Å². The molecule has 0 radical (unpaired) electrons. The SMILES string of the molecule is O=C(COc1ccccc1)N1CCOC2(CCN(CCOc3ccc(CNCC(O)c4ccc(O)c5[nH]c(=O)sc45)cc3)CC2)C1. The molecule has 3 aromatic carbocycles. The number of phenols is 1. The summed E-state index contributed by atoms with van der Waals surface area (Å²) in [5, 5.41) is 23.9. The first-order valence-electron chi connectivity index (χ1n) is 15.6. The molecule has 2 fully saturated rings. The number of rotatable bonds is 12. The van der Waals surface area contributed by atoms with Gasteiger partial charge in [-0.25, -0.2) is 0 Å². The monoisotopic (exact) mass is 648 g/mol. The lowest BCUT2D eigenvalue weighted by atomic mass is 9.89. The van der Waals surface area contributed by atoms with Crippen molar-refractivity contribution in [2.24, 2.45) is 0 Å². The average molecular weight is 649 g/mol. The van der Waals surface area contributed by atoms with Gasteiger partial charge < -0.3 is 39.6 Å². The predicted octanol–water partition coefficient (Wildman–Crippen LogP) is 3.27. The van der Waals surface area contributed by atoms with Crippen molar-refractivity contribution in [1.29, 1.82) is 0 Å². The number of H-pyrrole nitrogens is 1. The van der Waals surface area contributed by atoms with Crippen LogP contribution in [0.1, 0.15) is 30.1 Å². The van der Waals surface area contributed by atoms with Crippen molar-refractivity contribution in [2.75, 3.05) is 59.1 Å². The Balaban J connectivity index is 0.888. The van der Waals surface area contributed by atoms with Gasteiger partial charge in [-0.2, -0.15) is 0 Å². The van der Waals surface area contributed by atoms with Crippen LogP contribution in [0.4, 0.5) is 0 Å². The Morgan fingerprint density at radius 2 is 1.78 bits per heavy atom. The number of amides is 1. The highest BCUT2D eigenvalue weighted by molar-refractivity contribution is 7.16. The number of morpholine rings is 1. The van der Waals surface area contributed by atoms with Gasteiger partial charge in [0.2, 0.25) is 0 Å². The lowest BCUT2D eigenvalue weighted by molar-refractivity contribution is -0.161. The van der Waals surface area contributed by atoms with Gasteiger partial charge in [-0.1, -0.05) is 47.7 Å². The molecular formula is C34H40N4O7S. The number of hydrogen-bond donors (Lipinski definition) is 4. The number of ether oxygens (including phenoxy) is 3. The van der Waals surface area contributed by atoms with Gasteiger partial charge in [0.1, 0.15) is 29.4 Å². The summed E-state index contributed by atoms with van der Waals surface area (Å²) < 4.78 is 18.5. The second-order valence-corrected chi connectivity index (χ2v) is 12.8. The molecule has 244 valence electrons. The molecule has 2 saturated heterocycles. The number of aromatic amines is 1. The highest BCUT2D eigenvalue weighted by atomic mass is 32.1. The van der Waals surface area contributed by atoms with Crippen LogP contribution in [0, 0.1) is 0 Å². The van der Waals surface area contributed by atoms with Crippen LogP contribution in [0.2, 0.25) is 0 Å². The summed E-state index contributed by atoms with van der Waals surface area (Å²) in [4.78, 5) is 31.2. The lowest BCUT2D eigenvalue weighted by Gasteiger charge is -2.47. The number of aliphatic hydroxyl groups is 1. The van der Waals surface area contributed by atoms with E-state index in [-0.39, 0.29) is 28.7 Å². The Morgan fingerprint density at radius 1 is 1.02 bits per heavy atom. The van der Waals surface area contributed by atoms with Crippen molar-refractivity contribution in [3.63, 3.8) is 0 Å². The maximum absolute atomic E-state index is 12.8. The number of aromatic nitrogens is 1. The van der Waals surface area contributed by atoms with E-state index in [4.69, 9.17) is 14.2 Å². The highest BCUT2D eigenvalue weighted by Gasteiger charge is 2.41. The summed E-state index contributed by atoms with van der Waals surface area (Å²) in [5.74, 6) is 1.48. The Bertz CT molecular complexity index is 1650. The Kier molecular flexibility index (Phi) is 10.2. The van der Waals surface area contributed by atoms with Crippen molar-refractivity contribution in [2.45, 2.75) is 31.1 Å². The average Bonchev–Trinajstić information content (AvgIpc) is 3.48. The fraction of sp³-hybridized carbons (Fsp3) is 0.412. The summed E-state index contributed by atoms with van der Waals surface area (Å²) in [6, 6.07) is 20.4. The molecule has 3 heterocycles. The van der Waals surface area contributed by atoms with E-state index >= 15 is 0 Å². The molecule has 46 heavy (non-hydrogen) atoms. The summed E-state index contributed by atoms with van der Waals surface area (Å²) in [5.41, 5.74) is 1.71. The number of nitrogens with one attached hydrogen (secondary N) is 2. The standard InChI is InChI=1S/C34H40N4O7S/c39-28-11-10-27(32-31(28)36-33(42)46-32)29(40)21-35-20-24-6-8-26(9-7-24)43-18-16-37-14-12-34(13-15-37)23-38(17-19-45-34)30(41)22-44-25-4-2-1-3-5-25/h1-11,29,35,39-40H,12-23H2,(H,36,42). The van der Waals surface area contributed by atoms with E-state index in [0.717, 1.165) is 55.1 Å². The molecule has 1 atom stereocenters. The van der Waals surface area contributed by atoms with Crippen LogP contribution in [-0.2, 0) is 16.1 Å². The molecule has 1 aromatic heterocycles. The van der Waals surface area contributed by atoms with Crippen LogP contribution in [0.3, 0.4) is 0 Å². The van der Waals surface area contributed by atoms with Gasteiger partial charge in [-0.15, -0.1) is 0 Å². The van der Waals surface area contributed by atoms with Crippen LogP contribution in [-0.4, -0.2) is 95.6 Å². The number of aliphatic hydroxyl groups excluding tert-OH is 1. The molecule has 0 bridgehead atoms. The molecule has 6 rings (SSSR count). The molecular weight excluding hydrogens is 608 g/mol. The van der Waals surface area contributed by atoms with E-state index in [1.165, 1.54) is 6.07 Å². The minimum Gasteiger partial charge on any atom is -0.506 e. The zero-order chi connectivity index (χ0) is 31.9. The third-order valence-electron chi connectivity index (χ3n) is 8.69. The summed E-state index contributed by atoms with van der Waals surface area (Å²) >= 11 is 0.977. The number of carbonyl (C=O) groups is 1. The van der Waals surface area contributed by atoms with E-state index in [1.54, 1.807) is 6.07 Å². The Morgan fingerprint density at radius 3 is 2.57 bits per heavy atom. The van der Waals surface area contributed by atoms with Crippen LogP contribution in [0.25, 0.3) is 10.2 Å². The van der Waals surface area contributed by atoms with E-state index < -0.39 is 6.10 Å². The summed E-state index contributed by atoms with van der Waals surface area (Å²) in [7, 11) is 0. The van der Waals surface area contributed by atoms with Gasteiger partial charge in [-0.05, 0) is 48.7 Å². The molecule has 4 aromatic rings. The van der Waals surface area contributed by atoms with Crippen molar-refractivity contribution >= 4 is 27.5 Å². The van der Waals surface area contributed by atoms with E-state index in [9.17, 15) is 19.8 Å². The summed E-state index contributed by atoms with van der Waals surface area (Å²) in [6.07, 6.45) is 0.915. The van der Waals surface area contributed by atoms with Crippen molar-refractivity contribution in [3.05, 3.63) is 87.5 Å². The first-order valence-corrected chi connectivity index (χ1v) is 16.5. The van der Waals surface area contributed by atoms with Crippen molar-refractivity contribution in [1.82, 2.24) is 20.1 Å². The molecule has 11 nitrogen and oxygen atoms in total. The normalized spacial score (nSPS) is 17.3. The predicted molar refractivity (Wildman–Crippen MR) is 176 cm³/mol. The molecule has 2 aliphatic heterocycles. The number of carbonyl (C=O) groups excluding carboxylic acids is 1. The number of aromatic hydroxyl groups is 1. The largest absolute Gasteiger partial charge is 0.506 e. The van der Waals surface area contributed by atoms with Gasteiger partial charge in [0.05, 0.1) is 23.0 Å². The Hall–Kier alpha value is -3.94. The number of fused-ring (bicyclic) bond motifs is 1. The van der Waals surface area contributed by atoms with E-state index in [1.807, 2.05) is 59.5 Å². The van der Waals surface area contributed by atoms with Gasteiger partial charge in [-0.3, -0.25) is 14.5 Å². The number of likely N-dealkylation sites (tertiary alicyclic amines) is 1. The number of piperidine rings is 1. The fourth-order valence-corrected chi connectivity index (χ4v) is 6.98. The summed E-state index contributed by atoms with van der Waals surface area (Å²) in [6.45, 7) is 5.80. The second-order valence-electron chi connectivity index (χ2n) is 11.8. The molecule has 1 amide bonds. The minimum absolute atomic E-state index is 0.00519. The molecule has 1 spiro atoms. The number of nitrogens with zero attached hydrogens (tertiary/aromatic N) is 2. The minimum atomic E-state index is -0.826. The highest BCUT2D eigenvalue weighted by Crippen LogP contribution is 2.32. The van der Waals surface area contributed by atoms with Crippen molar-refractivity contribution in [3.8, 4) is 17.2 Å². The smallest absolute Gasteiger partial charge is 0.305 e. The van der Waals surface area contributed by atoms with E-state index in [2.05, 4.69) is 15.2 Å². The zero-order valence-electron chi connectivity index (χ0n) is 25.7. The van der Waals surface area contributed by atoms with E-state index in [0.29, 0.717) is 60.9 Å². The number of phenolic OH excluding ortho intramolecular Hbond substituents is 1. The van der Waals surface area contributed by atoms with Gasteiger partial charge in [0.25, 0.3) is 5.91 Å². The molecule has 2 aliphatic rings. The molecule has 12 heteroatoms. The van der Waals surface area contributed by atoms with Crippen LogP contribution < -0.4 is 19.7 Å². The molecule has 0 aliphatic carbocycles.